The lowest BCUT2D eigenvalue weighted by Gasteiger charge is -2.41. The molecular formula is C17H26FNO. The Morgan fingerprint density at radius 2 is 2.00 bits per heavy atom. The first-order valence-corrected chi connectivity index (χ1v) is 7.59. The fourth-order valence-corrected chi connectivity index (χ4v) is 3.48. The molecule has 1 aliphatic rings. The average molecular weight is 279 g/mol. The van der Waals surface area contributed by atoms with Gasteiger partial charge in [-0.25, -0.2) is 4.39 Å². The van der Waals surface area contributed by atoms with Gasteiger partial charge in [0.15, 0.2) is 11.6 Å². The van der Waals surface area contributed by atoms with Crippen molar-refractivity contribution in [3.05, 3.63) is 29.6 Å². The molecule has 20 heavy (non-hydrogen) atoms. The fraction of sp³-hybridized carbons (Fsp3) is 0.647. The van der Waals surface area contributed by atoms with Crippen molar-refractivity contribution in [2.75, 3.05) is 14.2 Å². The Morgan fingerprint density at radius 3 is 2.55 bits per heavy atom. The minimum atomic E-state index is -0.270. The molecule has 0 amide bonds. The first-order chi connectivity index (χ1) is 9.59. The van der Waals surface area contributed by atoms with Gasteiger partial charge >= 0.3 is 0 Å². The van der Waals surface area contributed by atoms with Crippen LogP contribution in [0.4, 0.5) is 4.39 Å². The van der Waals surface area contributed by atoms with E-state index in [2.05, 4.69) is 12.2 Å². The van der Waals surface area contributed by atoms with Gasteiger partial charge in [0.05, 0.1) is 7.11 Å². The summed E-state index contributed by atoms with van der Waals surface area (Å²) in [6.07, 6.45) is 7.36. The monoisotopic (exact) mass is 279 g/mol. The zero-order valence-corrected chi connectivity index (χ0v) is 12.8. The van der Waals surface area contributed by atoms with Gasteiger partial charge in [0.25, 0.3) is 0 Å². The van der Waals surface area contributed by atoms with Crippen molar-refractivity contribution in [1.29, 1.82) is 0 Å². The van der Waals surface area contributed by atoms with E-state index in [1.165, 1.54) is 39.2 Å². The van der Waals surface area contributed by atoms with Crippen LogP contribution in [0.15, 0.2) is 18.2 Å². The highest BCUT2D eigenvalue weighted by Gasteiger charge is 2.34. The van der Waals surface area contributed by atoms with Gasteiger partial charge in [0.2, 0.25) is 0 Å². The number of halogens is 1. The number of hydrogen-bond donors (Lipinski definition) is 1. The Hall–Kier alpha value is -1.09. The van der Waals surface area contributed by atoms with E-state index in [1.54, 1.807) is 12.1 Å². The Bertz CT molecular complexity index is 441. The average Bonchev–Trinajstić information content (AvgIpc) is 2.45. The maximum Gasteiger partial charge on any atom is 0.165 e. The number of rotatable bonds is 5. The zero-order valence-electron chi connectivity index (χ0n) is 12.8. The van der Waals surface area contributed by atoms with E-state index in [0.29, 0.717) is 17.2 Å². The molecule has 1 aromatic rings. The van der Waals surface area contributed by atoms with Crippen molar-refractivity contribution in [2.24, 2.45) is 5.41 Å². The predicted molar refractivity (Wildman–Crippen MR) is 80.7 cm³/mol. The largest absolute Gasteiger partial charge is 0.494 e. The topological polar surface area (TPSA) is 21.3 Å². The summed E-state index contributed by atoms with van der Waals surface area (Å²) < 4.78 is 18.8. The Kier molecular flexibility index (Phi) is 5.03. The molecule has 1 N–H and O–H groups in total. The summed E-state index contributed by atoms with van der Waals surface area (Å²) in [5, 5.41) is 3.46. The maximum atomic E-state index is 13.8. The smallest absolute Gasteiger partial charge is 0.165 e. The minimum Gasteiger partial charge on any atom is -0.494 e. The number of methoxy groups -OCH3 is 1. The van der Waals surface area contributed by atoms with Crippen LogP contribution >= 0.6 is 0 Å². The lowest BCUT2D eigenvalue weighted by molar-refractivity contribution is 0.149. The SMILES string of the molecule is CNC(Cc1ccc(OC)c(F)c1)C1(C)CCCCC1. The standard InChI is InChI=1S/C17H26FNO/c1-17(9-5-4-6-10-17)16(19-2)12-13-7-8-15(20-3)14(18)11-13/h7-8,11,16,19H,4-6,9-10,12H2,1-3H3. The van der Waals surface area contributed by atoms with Crippen molar-refractivity contribution in [2.45, 2.75) is 51.5 Å². The summed E-state index contributed by atoms with van der Waals surface area (Å²) in [7, 11) is 3.52. The molecule has 0 aliphatic heterocycles. The Morgan fingerprint density at radius 1 is 1.30 bits per heavy atom. The van der Waals surface area contributed by atoms with Crippen LogP contribution in [0.3, 0.4) is 0 Å². The summed E-state index contributed by atoms with van der Waals surface area (Å²) in [6.45, 7) is 2.37. The second kappa shape index (κ2) is 6.57. The van der Waals surface area contributed by atoms with Crippen molar-refractivity contribution in [1.82, 2.24) is 5.32 Å². The first kappa shape index (κ1) is 15.3. The number of hydrogen-bond acceptors (Lipinski definition) is 2. The third-order valence-electron chi connectivity index (χ3n) is 4.84. The third-order valence-corrected chi connectivity index (χ3v) is 4.84. The van der Waals surface area contributed by atoms with Crippen molar-refractivity contribution in [3.63, 3.8) is 0 Å². The second-order valence-corrected chi connectivity index (χ2v) is 6.23. The first-order valence-electron chi connectivity index (χ1n) is 7.59. The van der Waals surface area contributed by atoms with Crippen molar-refractivity contribution in [3.8, 4) is 5.75 Å². The molecule has 1 unspecified atom stereocenters. The second-order valence-electron chi connectivity index (χ2n) is 6.23. The molecule has 0 saturated heterocycles. The van der Waals surface area contributed by atoms with Gasteiger partial charge in [0, 0.05) is 6.04 Å². The normalized spacial score (nSPS) is 19.6. The van der Waals surface area contributed by atoms with Gasteiger partial charge in [-0.3, -0.25) is 0 Å². The summed E-state index contributed by atoms with van der Waals surface area (Å²) in [4.78, 5) is 0. The molecule has 1 atom stereocenters. The quantitative estimate of drug-likeness (QED) is 0.881. The van der Waals surface area contributed by atoms with E-state index in [4.69, 9.17) is 4.74 Å². The molecule has 1 aromatic carbocycles. The highest BCUT2D eigenvalue weighted by Crippen LogP contribution is 2.39. The Labute approximate surface area is 121 Å². The molecule has 1 aliphatic carbocycles. The molecule has 0 aromatic heterocycles. The summed E-state index contributed by atoms with van der Waals surface area (Å²) >= 11 is 0. The van der Waals surface area contributed by atoms with E-state index in [9.17, 15) is 4.39 Å². The molecule has 0 heterocycles. The van der Waals surface area contributed by atoms with Crippen LogP contribution in [-0.2, 0) is 6.42 Å². The van der Waals surface area contributed by atoms with E-state index in [0.717, 1.165) is 12.0 Å². The highest BCUT2D eigenvalue weighted by molar-refractivity contribution is 5.30. The molecule has 3 heteroatoms. The van der Waals surface area contributed by atoms with E-state index in [-0.39, 0.29) is 5.82 Å². The third kappa shape index (κ3) is 3.32. The number of ether oxygens (including phenoxy) is 1. The number of nitrogens with one attached hydrogen (secondary N) is 1. The van der Waals surface area contributed by atoms with Crippen LogP contribution in [0.1, 0.15) is 44.6 Å². The lowest BCUT2D eigenvalue weighted by Crippen LogP contribution is -2.44. The van der Waals surface area contributed by atoms with Gasteiger partial charge in [-0.15, -0.1) is 0 Å². The molecule has 0 radical (unpaired) electrons. The van der Waals surface area contributed by atoms with Crippen molar-refractivity contribution < 1.29 is 9.13 Å². The molecule has 2 nitrogen and oxygen atoms in total. The van der Waals surface area contributed by atoms with Gasteiger partial charge in [-0.05, 0) is 49.4 Å². The van der Waals surface area contributed by atoms with Crippen LogP contribution in [0.2, 0.25) is 0 Å². The van der Waals surface area contributed by atoms with Gasteiger partial charge in [-0.1, -0.05) is 32.3 Å². The highest BCUT2D eigenvalue weighted by atomic mass is 19.1. The van der Waals surface area contributed by atoms with E-state index >= 15 is 0 Å². The van der Waals surface area contributed by atoms with E-state index < -0.39 is 0 Å². The van der Waals surface area contributed by atoms with Crippen LogP contribution < -0.4 is 10.1 Å². The van der Waals surface area contributed by atoms with Gasteiger partial charge < -0.3 is 10.1 Å². The van der Waals surface area contributed by atoms with E-state index in [1.807, 2.05) is 13.1 Å². The van der Waals surface area contributed by atoms with Crippen LogP contribution in [0.25, 0.3) is 0 Å². The molecule has 0 bridgehead atoms. The number of benzene rings is 1. The van der Waals surface area contributed by atoms with Crippen LogP contribution in [0, 0.1) is 11.2 Å². The maximum absolute atomic E-state index is 13.8. The van der Waals surface area contributed by atoms with Gasteiger partial charge in [-0.2, -0.15) is 0 Å². The van der Waals surface area contributed by atoms with Crippen LogP contribution in [0.5, 0.6) is 5.75 Å². The molecular weight excluding hydrogens is 253 g/mol. The zero-order chi connectivity index (χ0) is 14.6. The lowest BCUT2D eigenvalue weighted by atomic mass is 9.69. The molecule has 112 valence electrons. The molecule has 2 rings (SSSR count). The Balaban J connectivity index is 2.11. The van der Waals surface area contributed by atoms with Crippen LogP contribution in [-0.4, -0.2) is 20.2 Å². The summed E-state index contributed by atoms with van der Waals surface area (Å²) in [5.74, 6) is 0.0484. The number of likely N-dealkylation sites (N-methyl/N-ethyl adjacent to an activating group) is 1. The molecule has 1 saturated carbocycles. The predicted octanol–water partition coefficient (Wildman–Crippen LogP) is 3.94. The minimum absolute atomic E-state index is 0.270. The summed E-state index contributed by atoms with van der Waals surface area (Å²) in [5.41, 5.74) is 1.36. The fourth-order valence-electron chi connectivity index (χ4n) is 3.48. The van der Waals surface area contributed by atoms with Gasteiger partial charge in [0.1, 0.15) is 0 Å². The molecule has 1 fully saturated rings. The van der Waals surface area contributed by atoms with Crippen molar-refractivity contribution >= 4 is 0 Å². The molecule has 0 spiro atoms. The summed E-state index contributed by atoms with van der Waals surface area (Å²) in [6, 6.07) is 5.70.